The molecule has 2 rings (SSSR count). The molecule has 0 fully saturated rings. The number of benzene rings is 1. The molecule has 1 aromatic rings. The summed E-state index contributed by atoms with van der Waals surface area (Å²) in [5.41, 5.74) is 8.00. The first-order valence-electron chi connectivity index (χ1n) is 14.8. The van der Waals surface area contributed by atoms with E-state index in [1.165, 1.54) is 99.5 Å². The van der Waals surface area contributed by atoms with E-state index in [1.807, 2.05) is 0 Å². The third kappa shape index (κ3) is 8.60. The molecule has 34 heavy (non-hydrogen) atoms. The molecular formula is C33H58O. The van der Waals surface area contributed by atoms with Crippen LogP contribution in [-0.2, 0) is 12.8 Å². The highest BCUT2D eigenvalue weighted by Crippen LogP contribution is 2.45. The van der Waals surface area contributed by atoms with Crippen molar-refractivity contribution in [2.75, 3.05) is 6.61 Å². The molecule has 1 aliphatic carbocycles. The van der Waals surface area contributed by atoms with E-state index in [0.717, 1.165) is 30.8 Å². The zero-order valence-corrected chi connectivity index (χ0v) is 24.5. The van der Waals surface area contributed by atoms with E-state index in [-0.39, 0.29) is 0 Å². The molecule has 0 aromatic heterocycles. The molecule has 1 aromatic carbocycles. The Kier molecular flexibility index (Phi) is 12.0. The summed E-state index contributed by atoms with van der Waals surface area (Å²) in [5, 5.41) is 0. The zero-order chi connectivity index (χ0) is 25.3. The number of fused-ring (bicyclic) bond motifs is 1. The van der Waals surface area contributed by atoms with Gasteiger partial charge in [0, 0.05) is 0 Å². The summed E-state index contributed by atoms with van der Waals surface area (Å²) in [4.78, 5) is 0. The van der Waals surface area contributed by atoms with E-state index < -0.39 is 0 Å². The molecule has 3 unspecified atom stereocenters. The Bertz CT molecular complexity index is 746. The third-order valence-electron chi connectivity index (χ3n) is 8.90. The summed E-state index contributed by atoms with van der Waals surface area (Å²) in [6.45, 7) is 22.1. The van der Waals surface area contributed by atoms with Crippen molar-refractivity contribution in [1.29, 1.82) is 0 Å². The van der Waals surface area contributed by atoms with Crippen molar-refractivity contribution in [3.8, 4) is 5.75 Å². The van der Waals surface area contributed by atoms with Crippen LogP contribution in [0.1, 0.15) is 140 Å². The summed E-state index contributed by atoms with van der Waals surface area (Å²) in [7, 11) is 0. The lowest BCUT2D eigenvalue weighted by atomic mass is 9.67. The van der Waals surface area contributed by atoms with Crippen molar-refractivity contribution in [1.82, 2.24) is 0 Å². The predicted octanol–water partition coefficient (Wildman–Crippen LogP) is 10.3. The first-order chi connectivity index (χ1) is 16.1. The molecule has 0 radical (unpaired) electrons. The lowest BCUT2D eigenvalue weighted by Crippen LogP contribution is -2.27. The van der Waals surface area contributed by atoms with Crippen molar-refractivity contribution in [2.45, 2.75) is 146 Å². The largest absolute Gasteiger partial charge is 0.493 e. The molecule has 0 bridgehead atoms. The maximum Gasteiger partial charge on any atom is 0.125 e. The Balaban J connectivity index is 1.80. The second-order valence-corrected chi connectivity index (χ2v) is 12.9. The summed E-state index contributed by atoms with van der Waals surface area (Å²) >= 11 is 0. The third-order valence-corrected chi connectivity index (χ3v) is 8.90. The van der Waals surface area contributed by atoms with Crippen LogP contribution in [0.4, 0.5) is 0 Å². The van der Waals surface area contributed by atoms with Crippen LogP contribution in [0.15, 0.2) is 0 Å². The van der Waals surface area contributed by atoms with Crippen molar-refractivity contribution >= 4 is 0 Å². The first kappa shape index (κ1) is 29.3. The van der Waals surface area contributed by atoms with Crippen LogP contribution in [0, 0.1) is 43.9 Å². The summed E-state index contributed by atoms with van der Waals surface area (Å²) in [6.07, 6.45) is 17.6. The quantitative estimate of drug-likeness (QED) is 0.248. The van der Waals surface area contributed by atoms with E-state index in [0.29, 0.717) is 5.41 Å². The zero-order valence-electron chi connectivity index (χ0n) is 24.5. The van der Waals surface area contributed by atoms with Gasteiger partial charge in [-0.2, -0.15) is 0 Å². The standard InChI is InChI=1S/C33H58O/c1-10-22-34-32-28(7)27(6)31-23-33(9,21-19-30(31)29(32)8)20-13-18-26(5)17-12-16-25(4)15-11-14-24(2)3/h24-26H,10-23H2,1-9H3. The summed E-state index contributed by atoms with van der Waals surface area (Å²) < 4.78 is 6.18. The molecule has 0 saturated heterocycles. The molecule has 0 N–H and O–H groups in total. The maximum atomic E-state index is 6.18. The van der Waals surface area contributed by atoms with Gasteiger partial charge in [0.15, 0.2) is 0 Å². The molecular weight excluding hydrogens is 412 g/mol. The fourth-order valence-electron chi connectivity index (χ4n) is 6.28. The monoisotopic (exact) mass is 470 g/mol. The first-order valence-corrected chi connectivity index (χ1v) is 14.8. The van der Waals surface area contributed by atoms with E-state index >= 15 is 0 Å². The minimum atomic E-state index is 0.465. The van der Waals surface area contributed by atoms with Gasteiger partial charge >= 0.3 is 0 Å². The Hall–Kier alpha value is -0.980. The molecule has 0 saturated carbocycles. The van der Waals surface area contributed by atoms with Gasteiger partial charge in [-0.1, -0.05) is 92.9 Å². The van der Waals surface area contributed by atoms with Gasteiger partial charge in [-0.25, -0.2) is 0 Å². The molecule has 3 atom stereocenters. The average molecular weight is 471 g/mol. The fourth-order valence-corrected chi connectivity index (χ4v) is 6.28. The molecule has 0 amide bonds. The van der Waals surface area contributed by atoms with E-state index in [2.05, 4.69) is 62.3 Å². The Morgan fingerprint density at radius 2 is 1.35 bits per heavy atom. The smallest absolute Gasteiger partial charge is 0.125 e. The van der Waals surface area contributed by atoms with Crippen LogP contribution in [-0.4, -0.2) is 6.61 Å². The molecule has 1 heteroatoms. The van der Waals surface area contributed by atoms with E-state index in [4.69, 9.17) is 4.74 Å². The molecule has 0 heterocycles. The van der Waals surface area contributed by atoms with Gasteiger partial charge in [-0.05, 0) is 104 Å². The molecule has 196 valence electrons. The number of hydrogen-bond acceptors (Lipinski definition) is 1. The molecule has 0 spiro atoms. The normalized spacial score (nSPS) is 19.8. The fraction of sp³-hybridized carbons (Fsp3) is 0.818. The SMILES string of the molecule is CCCOc1c(C)c(C)c2c(c1C)CCC(C)(CCCC(C)CCCC(C)CCCC(C)C)C2. The topological polar surface area (TPSA) is 9.23 Å². The van der Waals surface area contributed by atoms with Crippen LogP contribution in [0.3, 0.4) is 0 Å². The van der Waals surface area contributed by atoms with Crippen molar-refractivity contribution < 1.29 is 4.74 Å². The minimum Gasteiger partial charge on any atom is -0.493 e. The Morgan fingerprint density at radius 1 is 0.765 bits per heavy atom. The van der Waals surface area contributed by atoms with E-state index in [9.17, 15) is 0 Å². The minimum absolute atomic E-state index is 0.465. The average Bonchev–Trinajstić information content (AvgIpc) is 2.77. The van der Waals surface area contributed by atoms with Gasteiger partial charge in [-0.15, -0.1) is 0 Å². The van der Waals surface area contributed by atoms with Gasteiger partial charge in [0.25, 0.3) is 0 Å². The lowest BCUT2D eigenvalue weighted by molar-refractivity contribution is 0.237. The predicted molar refractivity (Wildman–Crippen MR) is 151 cm³/mol. The van der Waals surface area contributed by atoms with Crippen LogP contribution < -0.4 is 4.74 Å². The lowest BCUT2D eigenvalue weighted by Gasteiger charge is -2.38. The number of rotatable bonds is 15. The highest BCUT2D eigenvalue weighted by molar-refractivity contribution is 5.55. The van der Waals surface area contributed by atoms with Crippen LogP contribution >= 0.6 is 0 Å². The molecule has 0 aliphatic heterocycles. The van der Waals surface area contributed by atoms with Gasteiger partial charge < -0.3 is 4.74 Å². The van der Waals surface area contributed by atoms with Gasteiger partial charge in [0.1, 0.15) is 5.75 Å². The summed E-state index contributed by atoms with van der Waals surface area (Å²) in [5.74, 6) is 3.83. The second kappa shape index (κ2) is 13.9. The number of hydrogen-bond donors (Lipinski definition) is 0. The molecule has 1 aliphatic rings. The Labute approximate surface area is 213 Å². The summed E-state index contributed by atoms with van der Waals surface area (Å²) in [6, 6.07) is 0. The van der Waals surface area contributed by atoms with Crippen molar-refractivity contribution in [2.24, 2.45) is 23.2 Å². The van der Waals surface area contributed by atoms with Crippen LogP contribution in [0.2, 0.25) is 0 Å². The van der Waals surface area contributed by atoms with Crippen molar-refractivity contribution in [3.05, 3.63) is 27.8 Å². The number of ether oxygens (including phenoxy) is 1. The van der Waals surface area contributed by atoms with Crippen LogP contribution in [0.25, 0.3) is 0 Å². The highest BCUT2D eigenvalue weighted by Gasteiger charge is 2.32. The maximum absolute atomic E-state index is 6.18. The van der Waals surface area contributed by atoms with Crippen LogP contribution in [0.5, 0.6) is 5.75 Å². The van der Waals surface area contributed by atoms with Gasteiger partial charge in [0.2, 0.25) is 0 Å². The highest BCUT2D eigenvalue weighted by atomic mass is 16.5. The van der Waals surface area contributed by atoms with E-state index in [1.54, 1.807) is 11.1 Å². The van der Waals surface area contributed by atoms with Gasteiger partial charge in [-0.3, -0.25) is 0 Å². The molecule has 1 nitrogen and oxygen atoms in total. The van der Waals surface area contributed by atoms with Crippen molar-refractivity contribution in [3.63, 3.8) is 0 Å². The Morgan fingerprint density at radius 3 is 1.94 bits per heavy atom. The second-order valence-electron chi connectivity index (χ2n) is 12.9. The van der Waals surface area contributed by atoms with Gasteiger partial charge in [0.05, 0.1) is 6.61 Å².